The van der Waals surface area contributed by atoms with Crippen LogP contribution in [0.25, 0.3) is 0 Å². The fraction of sp³-hybridized carbons (Fsp3) is 0.286. The molecule has 0 fully saturated rings. The molecule has 106 valence electrons. The van der Waals surface area contributed by atoms with Crippen LogP contribution in [-0.2, 0) is 6.54 Å². The molecule has 0 saturated heterocycles. The van der Waals surface area contributed by atoms with Crippen molar-refractivity contribution in [2.24, 2.45) is 0 Å². The van der Waals surface area contributed by atoms with E-state index in [1.165, 1.54) is 6.26 Å². The number of benzene rings is 1. The van der Waals surface area contributed by atoms with E-state index in [1.54, 1.807) is 6.07 Å². The predicted molar refractivity (Wildman–Crippen MR) is 76.3 cm³/mol. The van der Waals surface area contributed by atoms with Gasteiger partial charge in [0, 0.05) is 17.8 Å². The lowest BCUT2D eigenvalue weighted by Crippen LogP contribution is -2.28. The molecule has 0 aliphatic rings. The Hall–Kier alpha value is -2.34. The Kier molecular flexibility index (Phi) is 4.73. The van der Waals surface area contributed by atoms with Crippen molar-refractivity contribution >= 4 is 11.7 Å². The molecule has 0 aliphatic heterocycles. The van der Waals surface area contributed by atoms with E-state index in [-0.39, 0.29) is 12.1 Å². The Bertz CT molecular complexity index is 554. The van der Waals surface area contributed by atoms with E-state index in [9.17, 15) is 4.79 Å². The fourth-order valence-corrected chi connectivity index (χ4v) is 1.73. The number of urea groups is 1. The van der Waals surface area contributed by atoms with Gasteiger partial charge in [-0.2, -0.15) is 0 Å². The van der Waals surface area contributed by atoms with Gasteiger partial charge in [0.1, 0.15) is 12.0 Å². The van der Waals surface area contributed by atoms with E-state index in [0.29, 0.717) is 12.2 Å². The van der Waals surface area contributed by atoms with Crippen LogP contribution in [0.5, 0.6) is 0 Å². The number of anilines is 1. The highest BCUT2D eigenvalue weighted by atomic mass is 16.5. The maximum atomic E-state index is 11.8. The van der Waals surface area contributed by atoms with Gasteiger partial charge in [0.15, 0.2) is 0 Å². The summed E-state index contributed by atoms with van der Waals surface area (Å²) in [5.74, 6) is 0. The van der Waals surface area contributed by atoms with E-state index in [4.69, 9.17) is 4.52 Å². The average Bonchev–Trinajstić information content (AvgIpc) is 2.98. The molecule has 1 aromatic heterocycles. The van der Waals surface area contributed by atoms with Crippen LogP contribution in [0.2, 0.25) is 0 Å². The van der Waals surface area contributed by atoms with Gasteiger partial charge in [-0.25, -0.2) is 4.79 Å². The van der Waals surface area contributed by atoms with Crippen molar-refractivity contribution in [3.05, 3.63) is 47.9 Å². The molecule has 2 amide bonds. The summed E-state index contributed by atoms with van der Waals surface area (Å²) in [5.41, 5.74) is 2.54. The third-order valence-corrected chi connectivity index (χ3v) is 3.00. The van der Waals surface area contributed by atoms with Gasteiger partial charge in [-0.15, -0.1) is 0 Å². The Morgan fingerprint density at radius 1 is 1.40 bits per heavy atom. The Morgan fingerprint density at radius 3 is 2.95 bits per heavy atom. The smallest absolute Gasteiger partial charge is 0.319 e. The maximum Gasteiger partial charge on any atom is 0.319 e. The van der Waals surface area contributed by atoms with Gasteiger partial charge >= 0.3 is 6.03 Å². The van der Waals surface area contributed by atoms with Crippen LogP contribution < -0.4 is 16.0 Å². The van der Waals surface area contributed by atoms with Crippen LogP contribution in [0, 0.1) is 0 Å². The molecule has 20 heavy (non-hydrogen) atoms. The molecule has 3 N–H and O–H groups in total. The highest BCUT2D eigenvalue weighted by Crippen LogP contribution is 2.16. The SMILES string of the molecule is CNC(C)c1cccc(NC(=O)NCc2ccon2)c1. The average molecular weight is 274 g/mol. The zero-order valence-corrected chi connectivity index (χ0v) is 11.5. The van der Waals surface area contributed by atoms with Crippen molar-refractivity contribution in [3.63, 3.8) is 0 Å². The minimum absolute atomic E-state index is 0.231. The van der Waals surface area contributed by atoms with E-state index in [1.807, 2.05) is 31.3 Å². The summed E-state index contributed by atoms with van der Waals surface area (Å²) in [5, 5.41) is 12.4. The van der Waals surface area contributed by atoms with E-state index in [0.717, 1.165) is 11.3 Å². The standard InChI is InChI=1S/C14H18N4O2/c1-10(15-2)11-4-3-5-12(8-11)17-14(19)16-9-13-6-7-20-18-13/h3-8,10,15H,9H2,1-2H3,(H2,16,17,19). The van der Waals surface area contributed by atoms with Crippen LogP contribution in [0.3, 0.4) is 0 Å². The van der Waals surface area contributed by atoms with Crippen LogP contribution in [0.4, 0.5) is 10.5 Å². The number of rotatable bonds is 5. The van der Waals surface area contributed by atoms with Gasteiger partial charge in [-0.1, -0.05) is 17.3 Å². The van der Waals surface area contributed by atoms with Crippen LogP contribution in [0.15, 0.2) is 41.1 Å². The molecule has 1 atom stereocenters. The van der Waals surface area contributed by atoms with Crippen molar-refractivity contribution in [3.8, 4) is 0 Å². The van der Waals surface area contributed by atoms with Crippen molar-refractivity contribution in [2.45, 2.75) is 19.5 Å². The number of nitrogens with zero attached hydrogens (tertiary/aromatic N) is 1. The summed E-state index contributed by atoms with van der Waals surface area (Å²) in [6, 6.07) is 9.38. The Morgan fingerprint density at radius 2 is 2.25 bits per heavy atom. The lowest BCUT2D eigenvalue weighted by atomic mass is 10.1. The molecule has 0 spiro atoms. The number of hydrogen-bond acceptors (Lipinski definition) is 4. The summed E-state index contributed by atoms with van der Waals surface area (Å²) >= 11 is 0. The zero-order chi connectivity index (χ0) is 14.4. The van der Waals surface area contributed by atoms with Crippen molar-refractivity contribution < 1.29 is 9.32 Å². The maximum absolute atomic E-state index is 11.8. The molecule has 6 nitrogen and oxygen atoms in total. The number of aromatic nitrogens is 1. The summed E-state index contributed by atoms with van der Waals surface area (Å²) in [6.45, 7) is 2.39. The topological polar surface area (TPSA) is 79.2 Å². The predicted octanol–water partition coefficient (Wildman–Crippen LogP) is 2.28. The highest BCUT2D eigenvalue weighted by Gasteiger charge is 2.06. The Balaban J connectivity index is 1.90. The molecule has 0 bridgehead atoms. The molecule has 0 saturated carbocycles. The zero-order valence-electron chi connectivity index (χ0n) is 11.5. The first-order valence-corrected chi connectivity index (χ1v) is 6.40. The minimum Gasteiger partial charge on any atom is -0.364 e. The van der Waals surface area contributed by atoms with Gasteiger partial charge in [0.25, 0.3) is 0 Å². The molecule has 0 radical (unpaired) electrons. The lowest BCUT2D eigenvalue weighted by Gasteiger charge is -2.12. The van der Waals surface area contributed by atoms with Crippen molar-refractivity contribution in [1.82, 2.24) is 15.8 Å². The second-order valence-electron chi connectivity index (χ2n) is 4.43. The molecular formula is C14H18N4O2. The first-order chi connectivity index (χ1) is 9.69. The van der Waals surface area contributed by atoms with Gasteiger partial charge in [0.2, 0.25) is 0 Å². The number of amides is 2. The molecule has 1 unspecified atom stereocenters. The molecule has 0 aliphatic carbocycles. The summed E-state index contributed by atoms with van der Waals surface area (Å²) in [4.78, 5) is 11.8. The monoisotopic (exact) mass is 274 g/mol. The molecule has 2 rings (SSSR count). The number of nitrogens with one attached hydrogen (secondary N) is 3. The summed E-state index contributed by atoms with van der Waals surface area (Å²) < 4.78 is 4.69. The van der Waals surface area contributed by atoms with E-state index >= 15 is 0 Å². The molecule has 6 heteroatoms. The van der Waals surface area contributed by atoms with E-state index in [2.05, 4.69) is 28.0 Å². The van der Waals surface area contributed by atoms with Gasteiger partial charge in [-0.05, 0) is 31.7 Å². The first kappa shape index (κ1) is 14.1. The largest absolute Gasteiger partial charge is 0.364 e. The van der Waals surface area contributed by atoms with Crippen LogP contribution >= 0.6 is 0 Å². The van der Waals surface area contributed by atoms with Crippen LogP contribution in [-0.4, -0.2) is 18.2 Å². The molecular weight excluding hydrogens is 256 g/mol. The summed E-state index contributed by atoms with van der Waals surface area (Å²) in [7, 11) is 1.90. The molecule has 2 aromatic rings. The summed E-state index contributed by atoms with van der Waals surface area (Å²) in [6.07, 6.45) is 1.47. The first-order valence-electron chi connectivity index (χ1n) is 6.40. The van der Waals surface area contributed by atoms with Crippen molar-refractivity contribution in [2.75, 3.05) is 12.4 Å². The fourth-order valence-electron chi connectivity index (χ4n) is 1.73. The molecule has 1 heterocycles. The quantitative estimate of drug-likeness (QED) is 0.781. The van der Waals surface area contributed by atoms with E-state index < -0.39 is 0 Å². The second kappa shape index (κ2) is 6.72. The number of carbonyl (C=O) groups is 1. The highest BCUT2D eigenvalue weighted by molar-refractivity contribution is 5.89. The van der Waals surface area contributed by atoms with Gasteiger partial charge in [-0.3, -0.25) is 0 Å². The number of hydrogen-bond donors (Lipinski definition) is 3. The second-order valence-corrected chi connectivity index (χ2v) is 4.43. The normalized spacial score (nSPS) is 11.9. The lowest BCUT2D eigenvalue weighted by molar-refractivity contribution is 0.251. The third-order valence-electron chi connectivity index (χ3n) is 3.00. The number of carbonyl (C=O) groups excluding carboxylic acids is 1. The Labute approximate surface area is 117 Å². The van der Waals surface area contributed by atoms with Gasteiger partial charge < -0.3 is 20.5 Å². The van der Waals surface area contributed by atoms with Crippen molar-refractivity contribution in [1.29, 1.82) is 0 Å². The van der Waals surface area contributed by atoms with Crippen LogP contribution in [0.1, 0.15) is 24.2 Å². The molecule has 1 aromatic carbocycles. The minimum atomic E-state index is -0.276. The van der Waals surface area contributed by atoms with Gasteiger partial charge in [0.05, 0.1) is 6.54 Å². The third kappa shape index (κ3) is 3.83.